The third kappa shape index (κ3) is 61.1. The van der Waals surface area contributed by atoms with Crippen LogP contribution in [-0.4, -0.2) is 13.2 Å². The van der Waals surface area contributed by atoms with Gasteiger partial charge in [0.25, 0.3) is 0 Å². The van der Waals surface area contributed by atoms with Crippen LogP contribution in [0.25, 0.3) is 0 Å². The zero-order valence-electron chi connectivity index (χ0n) is 8.32. The van der Waals surface area contributed by atoms with E-state index in [-0.39, 0.29) is 13.2 Å². The Balaban J connectivity index is -0.000000120. The Hall–Kier alpha value is 1.21. The molecule has 0 aliphatic rings. The van der Waals surface area contributed by atoms with Crippen molar-refractivity contribution in [1.29, 1.82) is 0 Å². The first kappa shape index (κ1) is 19.7. The predicted molar refractivity (Wildman–Crippen MR) is 51.3 cm³/mol. The summed E-state index contributed by atoms with van der Waals surface area (Å²) < 4.78 is 0. The third-order valence-electron chi connectivity index (χ3n) is 0.996. The van der Waals surface area contributed by atoms with E-state index in [1.54, 1.807) is 0 Å². The summed E-state index contributed by atoms with van der Waals surface area (Å²) in [7, 11) is 9.78. The summed E-state index contributed by atoms with van der Waals surface area (Å²) in [6, 6.07) is 0. The molecule has 0 aromatic heterocycles. The normalized spacial score (nSPS) is 7.23. The Kier molecular flexibility index (Phi) is 44.4. The van der Waals surface area contributed by atoms with Crippen molar-refractivity contribution in [2.45, 2.75) is 39.5 Å². The van der Waals surface area contributed by atoms with Gasteiger partial charge in [0.1, 0.15) is 0 Å². The average Bonchev–Trinajstić information content (AvgIpc) is 2.09. The number of hydrogen-bond acceptors (Lipinski definition) is 2. The Morgan fingerprint density at radius 3 is 1.15 bits per heavy atom. The molecule has 0 spiro atoms. The fraction of sp³-hybridized carbons (Fsp3) is 1.00. The van der Waals surface area contributed by atoms with E-state index >= 15 is 0 Å². The second-order valence-corrected chi connectivity index (χ2v) is 4.77. The molecular weight excluding hydrogens is 247 g/mol. The molecule has 0 aliphatic carbocycles. The molecule has 0 amide bonds. The van der Waals surface area contributed by atoms with Gasteiger partial charge in [-0.15, -0.1) is 13.2 Å². The quantitative estimate of drug-likeness (QED) is 0.726. The summed E-state index contributed by atoms with van der Waals surface area (Å²) in [5, 5.41) is 19.1. The van der Waals surface area contributed by atoms with Gasteiger partial charge in [-0.2, -0.15) is 0 Å². The molecule has 80 valence electrons. The maximum absolute atomic E-state index is 9.53. The Morgan fingerprint density at radius 2 is 1.15 bits per heavy atom. The molecule has 0 fully saturated rings. The topological polar surface area (TPSA) is 46.1 Å². The van der Waals surface area contributed by atoms with Crippen LogP contribution in [0, 0.1) is 0 Å². The summed E-state index contributed by atoms with van der Waals surface area (Å²) in [4.78, 5) is 0. The van der Waals surface area contributed by atoms with Gasteiger partial charge >= 0.3 is 35.6 Å². The Morgan fingerprint density at radius 1 is 0.923 bits per heavy atom. The average molecular weight is 265 g/mol. The van der Waals surface area contributed by atoms with Crippen LogP contribution in [0.15, 0.2) is 0 Å². The van der Waals surface area contributed by atoms with Gasteiger partial charge in [-0.3, -0.25) is 0 Å². The first-order valence-corrected chi connectivity index (χ1v) is 8.67. The second kappa shape index (κ2) is 29.2. The molecule has 0 rings (SSSR count). The first-order valence-electron chi connectivity index (χ1n) is 4.37. The molecule has 13 heavy (non-hydrogen) atoms. The van der Waals surface area contributed by atoms with Crippen LogP contribution in [0.3, 0.4) is 0 Å². The van der Waals surface area contributed by atoms with E-state index in [1.807, 2.05) is 13.8 Å². The molecule has 0 saturated heterocycles. The second-order valence-electron chi connectivity index (χ2n) is 2.19. The van der Waals surface area contributed by atoms with E-state index < -0.39 is 17.0 Å². The molecule has 0 aromatic rings. The van der Waals surface area contributed by atoms with E-state index in [9.17, 15) is 10.2 Å². The van der Waals surface area contributed by atoms with Crippen molar-refractivity contribution in [3.05, 3.63) is 0 Å². The van der Waals surface area contributed by atoms with Crippen molar-refractivity contribution in [1.82, 2.24) is 0 Å². The van der Waals surface area contributed by atoms with Gasteiger partial charge < -0.3 is 10.2 Å². The molecule has 0 heterocycles. The first-order chi connectivity index (χ1) is 6.24. The molecule has 0 bridgehead atoms. The van der Waals surface area contributed by atoms with Gasteiger partial charge in [0.05, 0.1) is 0 Å². The summed E-state index contributed by atoms with van der Waals surface area (Å²) in [6.45, 7) is 4.21. The van der Waals surface area contributed by atoms with E-state index in [0.29, 0.717) is 0 Å². The summed E-state index contributed by atoms with van der Waals surface area (Å²) in [6.07, 6.45) is 3.73. The molecule has 0 aliphatic heterocycles. The summed E-state index contributed by atoms with van der Waals surface area (Å²) >= 11 is -0.556. The van der Waals surface area contributed by atoms with Crippen LogP contribution in [0.4, 0.5) is 0 Å². The van der Waals surface area contributed by atoms with Crippen molar-refractivity contribution >= 4 is 18.6 Å². The Bertz CT molecular complexity index is 49.4. The fourth-order valence-corrected chi connectivity index (χ4v) is 0.289. The molecule has 0 saturated carbocycles. The molecule has 0 radical (unpaired) electrons. The van der Waals surface area contributed by atoms with Crippen LogP contribution in [0.1, 0.15) is 39.5 Å². The minimum atomic E-state index is -0.556. The molecule has 0 N–H and O–H groups in total. The van der Waals surface area contributed by atoms with Crippen molar-refractivity contribution in [2.24, 2.45) is 0 Å². The van der Waals surface area contributed by atoms with Crippen molar-refractivity contribution in [3.8, 4) is 0 Å². The zero-order valence-corrected chi connectivity index (χ0v) is 11.4. The van der Waals surface area contributed by atoms with Gasteiger partial charge in [0.2, 0.25) is 0 Å². The molecule has 0 aromatic carbocycles. The Labute approximate surface area is 98.3 Å². The van der Waals surface area contributed by atoms with Gasteiger partial charge in [-0.25, -0.2) is 0 Å². The zero-order chi connectivity index (χ0) is 10.9. The van der Waals surface area contributed by atoms with Crippen LogP contribution in [-0.2, 0) is 17.0 Å². The van der Waals surface area contributed by atoms with Gasteiger partial charge in [0, 0.05) is 0 Å². The maximum atomic E-state index is 9.53. The van der Waals surface area contributed by atoms with Crippen LogP contribution in [0.2, 0.25) is 0 Å². The number of halogens is 2. The van der Waals surface area contributed by atoms with Crippen molar-refractivity contribution in [3.63, 3.8) is 0 Å². The standard InChI is InChI=1S/2C4H9O.2ClH.Ti/c2*1-2-3-4-5;;;/h2*2-4H2,1H3;2*1H;/q2*-1;;;+4/p-2. The van der Waals surface area contributed by atoms with E-state index in [0.717, 1.165) is 25.7 Å². The van der Waals surface area contributed by atoms with Crippen LogP contribution in [0.5, 0.6) is 0 Å². The van der Waals surface area contributed by atoms with E-state index in [4.69, 9.17) is 18.6 Å². The van der Waals surface area contributed by atoms with Crippen LogP contribution < -0.4 is 10.2 Å². The number of hydrogen-bond donors (Lipinski definition) is 0. The number of rotatable bonds is 4. The predicted octanol–water partition coefficient (Wildman–Crippen LogP) is 1.67. The SMILES string of the molecule is CCCC[O-].CCCC[O-].[Cl][Ti+2][Cl]. The molecular formula is C8H18Cl2O2Ti. The van der Waals surface area contributed by atoms with Gasteiger partial charge in [-0.1, -0.05) is 39.5 Å². The molecule has 0 atom stereocenters. The fourth-order valence-electron chi connectivity index (χ4n) is 0.289. The van der Waals surface area contributed by atoms with E-state index in [2.05, 4.69) is 0 Å². The molecule has 0 unspecified atom stereocenters. The molecule has 2 nitrogen and oxygen atoms in total. The summed E-state index contributed by atoms with van der Waals surface area (Å²) in [5.41, 5.74) is 0. The summed E-state index contributed by atoms with van der Waals surface area (Å²) in [5.74, 6) is 0. The molecule has 5 heteroatoms. The number of unbranched alkanes of at least 4 members (excludes halogenated alkanes) is 2. The van der Waals surface area contributed by atoms with Gasteiger partial charge in [-0.05, 0) is 0 Å². The van der Waals surface area contributed by atoms with Gasteiger partial charge in [0.15, 0.2) is 0 Å². The minimum absolute atomic E-state index is 0.0938. The monoisotopic (exact) mass is 264 g/mol. The van der Waals surface area contributed by atoms with Crippen LogP contribution >= 0.6 is 18.6 Å². The van der Waals surface area contributed by atoms with Crippen molar-refractivity contribution in [2.75, 3.05) is 13.2 Å². The van der Waals surface area contributed by atoms with E-state index in [1.165, 1.54) is 0 Å². The third-order valence-corrected chi connectivity index (χ3v) is 0.996. The van der Waals surface area contributed by atoms with Crippen molar-refractivity contribution < 1.29 is 27.2 Å².